The normalized spacial score (nSPS) is 21.9. The molecule has 0 atom stereocenters. The van der Waals surface area contributed by atoms with Crippen molar-refractivity contribution in [3.8, 4) is 0 Å². The predicted molar refractivity (Wildman–Crippen MR) is 62.8 cm³/mol. The minimum Gasteiger partial charge on any atom is -0.320 e. The molecule has 0 spiro atoms. The summed E-state index contributed by atoms with van der Waals surface area (Å²) in [6.07, 6.45) is 5.39. The van der Waals surface area contributed by atoms with Crippen molar-refractivity contribution in [1.82, 2.24) is 14.9 Å². The maximum atomic E-state index is 4.79. The largest absolute Gasteiger partial charge is 0.320 e. The van der Waals surface area contributed by atoms with Crippen LogP contribution in [-0.4, -0.2) is 16.1 Å². The molecule has 0 bridgehead atoms. The fourth-order valence-electron chi connectivity index (χ4n) is 2.71. The molecule has 3 rings (SSSR count). The van der Waals surface area contributed by atoms with Crippen LogP contribution in [0, 0.1) is 0 Å². The zero-order valence-corrected chi connectivity index (χ0v) is 10.4. The third-order valence-corrected chi connectivity index (χ3v) is 4.38. The molecular formula is C11H16BrN3. The zero-order valence-electron chi connectivity index (χ0n) is 8.80. The van der Waals surface area contributed by atoms with E-state index in [4.69, 9.17) is 4.98 Å². The lowest BCUT2D eigenvalue weighted by atomic mass is 10.1. The van der Waals surface area contributed by atoms with Crippen molar-refractivity contribution < 1.29 is 0 Å². The Morgan fingerprint density at radius 3 is 2.87 bits per heavy atom. The molecule has 0 saturated heterocycles. The summed E-state index contributed by atoms with van der Waals surface area (Å²) in [5.41, 5.74) is 1.31. The summed E-state index contributed by atoms with van der Waals surface area (Å²) in [7, 11) is 0. The van der Waals surface area contributed by atoms with Crippen LogP contribution in [0.3, 0.4) is 0 Å². The molecule has 1 fully saturated rings. The summed E-state index contributed by atoms with van der Waals surface area (Å²) in [6.45, 7) is 3.03. The van der Waals surface area contributed by atoms with Crippen LogP contribution in [-0.2, 0) is 13.1 Å². The monoisotopic (exact) mass is 269 g/mol. The third-order valence-electron chi connectivity index (χ3n) is 3.55. The Morgan fingerprint density at radius 2 is 2.13 bits per heavy atom. The zero-order chi connectivity index (χ0) is 10.3. The van der Waals surface area contributed by atoms with Crippen molar-refractivity contribution >= 4 is 15.9 Å². The van der Waals surface area contributed by atoms with Gasteiger partial charge in [0, 0.05) is 19.0 Å². The highest BCUT2D eigenvalue weighted by Crippen LogP contribution is 2.37. The summed E-state index contributed by atoms with van der Waals surface area (Å²) in [5, 5.41) is 3.37. The van der Waals surface area contributed by atoms with Gasteiger partial charge in [0.2, 0.25) is 0 Å². The number of nitrogens with zero attached hydrogens (tertiary/aromatic N) is 2. The van der Waals surface area contributed by atoms with Crippen LogP contribution in [0.2, 0.25) is 0 Å². The number of halogens is 1. The van der Waals surface area contributed by atoms with Crippen molar-refractivity contribution in [1.29, 1.82) is 0 Å². The first-order valence-electron chi connectivity index (χ1n) is 5.82. The van der Waals surface area contributed by atoms with E-state index in [1.165, 1.54) is 41.8 Å². The van der Waals surface area contributed by atoms with E-state index in [0.717, 1.165) is 19.6 Å². The van der Waals surface area contributed by atoms with E-state index in [2.05, 4.69) is 25.8 Å². The highest BCUT2D eigenvalue weighted by Gasteiger charge is 2.25. The van der Waals surface area contributed by atoms with E-state index < -0.39 is 0 Å². The second kappa shape index (κ2) is 3.91. The van der Waals surface area contributed by atoms with Crippen molar-refractivity contribution in [3.05, 3.63) is 16.1 Å². The van der Waals surface area contributed by atoms with Crippen molar-refractivity contribution in [2.24, 2.45) is 0 Å². The summed E-state index contributed by atoms with van der Waals surface area (Å²) in [4.78, 5) is 4.79. The molecule has 1 N–H and O–H groups in total. The van der Waals surface area contributed by atoms with Crippen LogP contribution in [0.1, 0.15) is 43.1 Å². The van der Waals surface area contributed by atoms with Gasteiger partial charge in [-0.3, -0.25) is 0 Å². The van der Waals surface area contributed by atoms with Gasteiger partial charge in [-0.25, -0.2) is 4.98 Å². The van der Waals surface area contributed by atoms with Gasteiger partial charge in [-0.15, -0.1) is 0 Å². The van der Waals surface area contributed by atoms with Gasteiger partial charge < -0.3 is 9.88 Å². The summed E-state index contributed by atoms with van der Waals surface area (Å²) in [5.74, 6) is 1.91. The molecule has 2 aliphatic rings. The molecule has 82 valence electrons. The van der Waals surface area contributed by atoms with Crippen molar-refractivity contribution in [2.45, 2.75) is 44.7 Å². The lowest BCUT2D eigenvalue weighted by Gasteiger charge is -2.15. The smallest absolute Gasteiger partial charge is 0.123 e. The molecule has 0 aromatic carbocycles. The average molecular weight is 270 g/mol. The van der Waals surface area contributed by atoms with Crippen LogP contribution in [0.25, 0.3) is 0 Å². The van der Waals surface area contributed by atoms with E-state index in [0.29, 0.717) is 5.92 Å². The molecule has 1 aromatic rings. The fraction of sp³-hybridized carbons (Fsp3) is 0.727. The summed E-state index contributed by atoms with van der Waals surface area (Å²) in [6, 6.07) is 0. The Morgan fingerprint density at radius 1 is 1.33 bits per heavy atom. The Kier molecular flexibility index (Phi) is 2.56. The average Bonchev–Trinajstić information content (AvgIpc) is 2.87. The minimum atomic E-state index is 0.706. The Hall–Kier alpha value is -0.350. The van der Waals surface area contributed by atoms with E-state index in [1.807, 2.05) is 0 Å². The number of hydrogen-bond acceptors (Lipinski definition) is 2. The van der Waals surface area contributed by atoms with Gasteiger partial charge >= 0.3 is 0 Å². The number of fused-ring (bicyclic) bond motifs is 1. The number of nitrogens with one attached hydrogen (secondary N) is 1. The SMILES string of the molecule is Brc1c(C2CCCC2)nc2n1CCNC2. The summed E-state index contributed by atoms with van der Waals surface area (Å²) >= 11 is 3.72. The van der Waals surface area contributed by atoms with Gasteiger partial charge in [-0.2, -0.15) is 0 Å². The topological polar surface area (TPSA) is 29.9 Å². The fourth-order valence-corrected chi connectivity index (χ4v) is 3.50. The Labute approximate surface area is 98.4 Å². The van der Waals surface area contributed by atoms with Gasteiger partial charge in [-0.1, -0.05) is 12.8 Å². The molecule has 1 saturated carbocycles. The number of aromatic nitrogens is 2. The van der Waals surface area contributed by atoms with Gasteiger partial charge in [-0.05, 0) is 28.8 Å². The van der Waals surface area contributed by atoms with E-state index >= 15 is 0 Å². The van der Waals surface area contributed by atoms with Crippen molar-refractivity contribution in [2.75, 3.05) is 6.54 Å². The molecule has 4 heteroatoms. The standard InChI is InChI=1S/C11H16BrN3/c12-11-10(8-3-1-2-4-8)14-9-7-13-5-6-15(9)11/h8,13H,1-7H2. The Bertz CT molecular complexity index is 366. The quantitative estimate of drug-likeness (QED) is 0.849. The first-order valence-corrected chi connectivity index (χ1v) is 6.61. The maximum Gasteiger partial charge on any atom is 0.123 e. The van der Waals surface area contributed by atoms with Crippen LogP contribution in [0.15, 0.2) is 4.60 Å². The lowest BCUT2D eigenvalue weighted by Crippen LogP contribution is -2.28. The van der Waals surface area contributed by atoms with Gasteiger partial charge in [0.1, 0.15) is 10.4 Å². The molecule has 0 unspecified atom stereocenters. The van der Waals surface area contributed by atoms with Crippen LogP contribution in [0.5, 0.6) is 0 Å². The first-order chi connectivity index (χ1) is 7.36. The van der Waals surface area contributed by atoms with Crippen LogP contribution >= 0.6 is 15.9 Å². The third kappa shape index (κ3) is 1.64. The number of rotatable bonds is 1. The molecule has 0 amide bonds. The maximum absolute atomic E-state index is 4.79. The molecule has 1 aliphatic carbocycles. The molecular weight excluding hydrogens is 254 g/mol. The van der Waals surface area contributed by atoms with Crippen LogP contribution in [0.4, 0.5) is 0 Å². The van der Waals surface area contributed by atoms with E-state index in [-0.39, 0.29) is 0 Å². The minimum absolute atomic E-state index is 0.706. The molecule has 0 radical (unpaired) electrons. The van der Waals surface area contributed by atoms with Gasteiger partial charge in [0.05, 0.1) is 12.2 Å². The molecule has 3 nitrogen and oxygen atoms in total. The lowest BCUT2D eigenvalue weighted by molar-refractivity contribution is 0.500. The van der Waals surface area contributed by atoms with Crippen LogP contribution < -0.4 is 5.32 Å². The van der Waals surface area contributed by atoms with E-state index in [1.54, 1.807) is 0 Å². The van der Waals surface area contributed by atoms with E-state index in [9.17, 15) is 0 Å². The number of hydrogen-bond donors (Lipinski definition) is 1. The summed E-state index contributed by atoms with van der Waals surface area (Å²) < 4.78 is 3.57. The van der Waals surface area contributed by atoms with Gasteiger partial charge in [0.15, 0.2) is 0 Å². The second-order valence-corrected chi connectivity index (χ2v) is 5.27. The molecule has 1 aromatic heterocycles. The predicted octanol–water partition coefficient (Wildman–Crippen LogP) is 2.41. The van der Waals surface area contributed by atoms with Gasteiger partial charge in [0.25, 0.3) is 0 Å². The molecule has 2 heterocycles. The number of imidazole rings is 1. The first kappa shape index (κ1) is 9.85. The highest BCUT2D eigenvalue weighted by molar-refractivity contribution is 9.10. The molecule has 1 aliphatic heterocycles. The second-order valence-electron chi connectivity index (χ2n) is 4.51. The highest BCUT2D eigenvalue weighted by atomic mass is 79.9. The van der Waals surface area contributed by atoms with Crippen molar-refractivity contribution in [3.63, 3.8) is 0 Å². The molecule has 15 heavy (non-hydrogen) atoms. The Balaban J connectivity index is 1.97.